The Hall–Kier alpha value is -1.37. The standard InChI is InChI=1S/C11H15F3N4/c1-7-6-8(2-4-15-7)17-10-16-5-3-9(18-10)11(12,13)14/h3,5,7-8,15H,2,4,6H2,1H3,(H,16,17,18). The fourth-order valence-corrected chi connectivity index (χ4v) is 2.03. The number of halogens is 3. The van der Waals surface area contributed by atoms with E-state index in [2.05, 4.69) is 20.6 Å². The van der Waals surface area contributed by atoms with Gasteiger partial charge in [-0.05, 0) is 32.4 Å². The normalized spacial score (nSPS) is 24.9. The first-order valence-corrected chi connectivity index (χ1v) is 5.85. The zero-order valence-electron chi connectivity index (χ0n) is 9.96. The van der Waals surface area contributed by atoms with Crippen LogP contribution in [0.15, 0.2) is 12.3 Å². The highest BCUT2D eigenvalue weighted by molar-refractivity contribution is 5.28. The van der Waals surface area contributed by atoms with Crippen molar-refractivity contribution in [3.63, 3.8) is 0 Å². The molecule has 2 N–H and O–H groups in total. The summed E-state index contributed by atoms with van der Waals surface area (Å²) in [5.74, 6) is 0.0453. The number of nitrogens with one attached hydrogen (secondary N) is 2. The molecule has 0 saturated carbocycles. The number of anilines is 1. The zero-order valence-corrected chi connectivity index (χ0v) is 9.96. The Balaban J connectivity index is 2.05. The second-order valence-electron chi connectivity index (χ2n) is 4.48. The van der Waals surface area contributed by atoms with Crippen LogP contribution in [-0.4, -0.2) is 28.6 Å². The van der Waals surface area contributed by atoms with Crippen LogP contribution in [0.25, 0.3) is 0 Å². The first-order valence-electron chi connectivity index (χ1n) is 5.85. The van der Waals surface area contributed by atoms with Gasteiger partial charge in [0.1, 0.15) is 5.69 Å². The molecule has 1 aromatic rings. The highest BCUT2D eigenvalue weighted by Crippen LogP contribution is 2.27. The van der Waals surface area contributed by atoms with Crippen molar-refractivity contribution in [3.05, 3.63) is 18.0 Å². The molecule has 1 aliphatic heterocycles. The SMILES string of the molecule is CC1CC(Nc2nccc(C(F)(F)F)n2)CCN1. The second kappa shape index (κ2) is 5.09. The minimum absolute atomic E-state index is 0.0453. The topological polar surface area (TPSA) is 49.8 Å². The third kappa shape index (κ3) is 3.32. The fraction of sp³-hybridized carbons (Fsp3) is 0.636. The molecule has 1 saturated heterocycles. The summed E-state index contributed by atoms with van der Waals surface area (Å²) in [5.41, 5.74) is -0.915. The monoisotopic (exact) mass is 260 g/mol. The molecule has 0 bridgehead atoms. The summed E-state index contributed by atoms with van der Waals surface area (Å²) in [4.78, 5) is 7.32. The maximum atomic E-state index is 12.5. The predicted octanol–water partition coefficient (Wildman–Crippen LogP) is 2.05. The van der Waals surface area contributed by atoms with Gasteiger partial charge in [-0.3, -0.25) is 0 Å². The van der Waals surface area contributed by atoms with E-state index in [1.54, 1.807) is 0 Å². The van der Waals surface area contributed by atoms with Crippen LogP contribution in [0.4, 0.5) is 19.1 Å². The van der Waals surface area contributed by atoms with Crippen LogP contribution < -0.4 is 10.6 Å². The van der Waals surface area contributed by atoms with Crippen LogP contribution >= 0.6 is 0 Å². The van der Waals surface area contributed by atoms with Crippen molar-refractivity contribution < 1.29 is 13.2 Å². The largest absolute Gasteiger partial charge is 0.433 e. The predicted molar refractivity (Wildman–Crippen MR) is 61.1 cm³/mol. The molecule has 2 unspecified atom stereocenters. The van der Waals surface area contributed by atoms with Crippen LogP contribution in [0, 0.1) is 0 Å². The van der Waals surface area contributed by atoms with Gasteiger partial charge in [0.2, 0.25) is 5.95 Å². The molecule has 1 fully saturated rings. The molecule has 1 aliphatic rings. The summed E-state index contributed by atoms with van der Waals surface area (Å²) in [5, 5.41) is 6.23. The molecular formula is C11H15F3N4. The van der Waals surface area contributed by atoms with E-state index in [1.165, 1.54) is 0 Å². The maximum absolute atomic E-state index is 12.5. The summed E-state index contributed by atoms with van der Waals surface area (Å²) >= 11 is 0. The van der Waals surface area contributed by atoms with Gasteiger partial charge in [-0.2, -0.15) is 13.2 Å². The van der Waals surface area contributed by atoms with E-state index < -0.39 is 11.9 Å². The van der Waals surface area contributed by atoms with Gasteiger partial charge in [-0.1, -0.05) is 0 Å². The van der Waals surface area contributed by atoms with E-state index in [9.17, 15) is 13.2 Å². The molecule has 0 aliphatic carbocycles. The van der Waals surface area contributed by atoms with Crippen molar-refractivity contribution in [1.82, 2.24) is 15.3 Å². The maximum Gasteiger partial charge on any atom is 0.433 e. The van der Waals surface area contributed by atoms with Gasteiger partial charge >= 0.3 is 6.18 Å². The Morgan fingerprint density at radius 2 is 2.22 bits per heavy atom. The highest BCUT2D eigenvalue weighted by Gasteiger charge is 2.33. The number of hydrogen-bond donors (Lipinski definition) is 2. The van der Waals surface area contributed by atoms with Crippen molar-refractivity contribution in [1.29, 1.82) is 0 Å². The van der Waals surface area contributed by atoms with Crippen LogP contribution in [0.2, 0.25) is 0 Å². The zero-order chi connectivity index (χ0) is 13.2. The van der Waals surface area contributed by atoms with Gasteiger partial charge in [-0.25, -0.2) is 9.97 Å². The number of nitrogens with zero attached hydrogens (tertiary/aromatic N) is 2. The minimum Gasteiger partial charge on any atom is -0.351 e. The summed E-state index contributed by atoms with van der Waals surface area (Å²) in [6, 6.07) is 1.34. The number of hydrogen-bond acceptors (Lipinski definition) is 4. The first-order chi connectivity index (χ1) is 8.45. The number of piperidine rings is 1. The molecule has 2 heterocycles. The van der Waals surface area contributed by atoms with Gasteiger partial charge in [0, 0.05) is 18.3 Å². The van der Waals surface area contributed by atoms with Crippen LogP contribution in [0.5, 0.6) is 0 Å². The molecule has 2 atom stereocenters. The third-order valence-electron chi connectivity index (χ3n) is 2.90. The van der Waals surface area contributed by atoms with E-state index in [0.717, 1.165) is 31.6 Å². The van der Waals surface area contributed by atoms with Crippen LogP contribution in [-0.2, 0) is 6.18 Å². The summed E-state index contributed by atoms with van der Waals surface area (Å²) in [6.07, 6.45) is -1.60. The molecule has 4 nitrogen and oxygen atoms in total. The van der Waals surface area contributed by atoms with E-state index in [-0.39, 0.29) is 12.0 Å². The Bertz CT molecular complexity index is 408. The third-order valence-corrected chi connectivity index (χ3v) is 2.90. The van der Waals surface area contributed by atoms with Crippen molar-refractivity contribution in [3.8, 4) is 0 Å². The lowest BCUT2D eigenvalue weighted by Crippen LogP contribution is -2.41. The van der Waals surface area contributed by atoms with E-state index in [4.69, 9.17) is 0 Å². The smallest absolute Gasteiger partial charge is 0.351 e. The highest BCUT2D eigenvalue weighted by atomic mass is 19.4. The Kier molecular flexibility index (Phi) is 3.70. The second-order valence-corrected chi connectivity index (χ2v) is 4.48. The lowest BCUT2D eigenvalue weighted by molar-refractivity contribution is -0.141. The van der Waals surface area contributed by atoms with Gasteiger partial charge in [-0.15, -0.1) is 0 Å². The average Bonchev–Trinajstić information content (AvgIpc) is 2.28. The molecule has 0 spiro atoms. The number of aromatic nitrogens is 2. The van der Waals surface area contributed by atoms with Gasteiger partial charge in [0.05, 0.1) is 0 Å². The molecule has 7 heteroatoms. The van der Waals surface area contributed by atoms with Crippen molar-refractivity contribution in [2.75, 3.05) is 11.9 Å². The quantitative estimate of drug-likeness (QED) is 0.854. The Morgan fingerprint density at radius 1 is 1.44 bits per heavy atom. The molecule has 2 rings (SSSR count). The van der Waals surface area contributed by atoms with Gasteiger partial charge < -0.3 is 10.6 Å². The van der Waals surface area contributed by atoms with Gasteiger partial charge in [0.15, 0.2) is 0 Å². The summed E-state index contributed by atoms with van der Waals surface area (Å²) in [6.45, 7) is 2.89. The molecular weight excluding hydrogens is 245 g/mol. The van der Waals surface area contributed by atoms with Crippen LogP contribution in [0.3, 0.4) is 0 Å². The first kappa shape index (κ1) is 13.1. The Morgan fingerprint density at radius 3 is 2.89 bits per heavy atom. The molecule has 18 heavy (non-hydrogen) atoms. The van der Waals surface area contributed by atoms with Gasteiger partial charge in [0.25, 0.3) is 0 Å². The molecule has 100 valence electrons. The van der Waals surface area contributed by atoms with E-state index in [0.29, 0.717) is 6.04 Å². The number of alkyl halides is 3. The summed E-state index contributed by atoms with van der Waals surface area (Å²) < 4.78 is 37.4. The molecule has 0 radical (unpaired) electrons. The number of rotatable bonds is 2. The van der Waals surface area contributed by atoms with E-state index in [1.807, 2.05) is 6.92 Å². The molecule has 0 aromatic carbocycles. The average molecular weight is 260 g/mol. The Labute approximate surface area is 103 Å². The van der Waals surface area contributed by atoms with Crippen molar-refractivity contribution >= 4 is 5.95 Å². The minimum atomic E-state index is -4.43. The fourth-order valence-electron chi connectivity index (χ4n) is 2.03. The lowest BCUT2D eigenvalue weighted by atomic mass is 10.0. The molecule has 1 aromatic heterocycles. The van der Waals surface area contributed by atoms with Crippen molar-refractivity contribution in [2.45, 2.75) is 38.0 Å². The lowest BCUT2D eigenvalue weighted by Gasteiger charge is -2.28. The summed E-state index contributed by atoms with van der Waals surface area (Å²) in [7, 11) is 0. The van der Waals surface area contributed by atoms with Crippen molar-refractivity contribution in [2.24, 2.45) is 0 Å². The molecule has 0 amide bonds. The van der Waals surface area contributed by atoms with Crippen LogP contribution in [0.1, 0.15) is 25.5 Å². The van der Waals surface area contributed by atoms with E-state index >= 15 is 0 Å².